The standard InChI is InChI=1S/C20H22FNO2S/c1-15-4-2-3-5-17(15)13-25-14-20(23)22-10-11-24-19(12-22)16-6-8-18(21)9-7-16/h2-9,19H,10-14H2,1H3. The molecule has 2 aromatic rings. The fourth-order valence-corrected chi connectivity index (χ4v) is 3.87. The maximum Gasteiger partial charge on any atom is 0.232 e. The topological polar surface area (TPSA) is 29.5 Å². The molecule has 3 rings (SSSR count). The number of nitrogens with zero attached hydrogens (tertiary/aromatic N) is 1. The van der Waals surface area contributed by atoms with Crippen molar-refractivity contribution in [3.05, 3.63) is 71.0 Å². The van der Waals surface area contributed by atoms with Crippen LogP contribution in [0.4, 0.5) is 4.39 Å². The molecule has 0 spiro atoms. The molecular formula is C20H22FNO2S. The average molecular weight is 359 g/mol. The first-order valence-corrected chi connectivity index (χ1v) is 9.56. The van der Waals surface area contributed by atoms with E-state index < -0.39 is 0 Å². The van der Waals surface area contributed by atoms with E-state index in [4.69, 9.17) is 4.74 Å². The first-order valence-electron chi connectivity index (χ1n) is 8.40. The Morgan fingerprint density at radius 3 is 2.76 bits per heavy atom. The van der Waals surface area contributed by atoms with Crippen LogP contribution in [0, 0.1) is 12.7 Å². The lowest BCUT2D eigenvalue weighted by Crippen LogP contribution is -2.43. The molecule has 1 amide bonds. The van der Waals surface area contributed by atoms with Crippen molar-refractivity contribution in [1.29, 1.82) is 0 Å². The van der Waals surface area contributed by atoms with Gasteiger partial charge in [-0.3, -0.25) is 4.79 Å². The van der Waals surface area contributed by atoms with Crippen LogP contribution in [0.2, 0.25) is 0 Å². The van der Waals surface area contributed by atoms with Crippen molar-refractivity contribution in [1.82, 2.24) is 4.90 Å². The average Bonchev–Trinajstić information content (AvgIpc) is 2.64. The van der Waals surface area contributed by atoms with Crippen molar-refractivity contribution in [3.63, 3.8) is 0 Å². The van der Waals surface area contributed by atoms with Gasteiger partial charge in [-0.1, -0.05) is 36.4 Å². The van der Waals surface area contributed by atoms with Gasteiger partial charge in [0.25, 0.3) is 0 Å². The number of amides is 1. The molecule has 1 saturated heterocycles. The van der Waals surface area contributed by atoms with Crippen molar-refractivity contribution < 1.29 is 13.9 Å². The largest absolute Gasteiger partial charge is 0.370 e. The molecule has 132 valence electrons. The number of thioether (sulfide) groups is 1. The highest BCUT2D eigenvalue weighted by Crippen LogP contribution is 2.23. The monoisotopic (exact) mass is 359 g/mol. The lowest BCUT2D eigenvalue weighted by Gasteiger charge is -2.33. The Kier molecular flexibility index (Phi) is 6.10. The summed E-state index contributed by atoms with van der Waals surface area (Å²) in [5, 5.41) is 0. The van der Waals surface area contributed by atoms with Gasteiger partial charge in [0.2, 0.25) is 5.91 Å². The third-order valence-electron chi connectivity index (χ3n) is 4.41. The lowest BCUT2D eigenvalue weighted by atomic mass is 10.1. The molecule has 1 unspecified atom stereocenters. The molecule has 3 nitrogen and oxygen atoms in total. The SMILES string of the molecule is Cc1ccccc1CSCC(=O)N1CCOC(c2ccc(F)cc2)C1. The molecule has 0 radical (unpaired) electrons. The van der Waals surface area contributed by atoms with Gasteiger partial charge >= 0.3 is 0 Å². The molecule has 1 fully saturated rings. The summed E-state index contributed by atoms with van der Waals surface area (Å²) in [6, 6.07) is 14.5. The van der Waals surface area contributed by atoms with Crippen LogP contribution >= 0.6 is 11.8 Å². The van der Waals surface area contributed by atoms with Crippen molar-refractivity contribution in [2.75, 3.05) is 25.4 Å². The molecule has 1 heterocycles. The van der Waals surface area contributed by atoms with Gasteiger partial charge in [0.05, 0.1) is 18.9 Å². The normalized spacial score (nSPS) is 17.5. The Morgan fingerprint density at radius 2 is 2.00 bits per heavy atom. The second kappa shape index (κ2) is 8.50. The molecule has 2 aromatic carbocycles. The van der Waals surface area contributed by atoms with E-state index in [0.717, 1.165) is 11.3 Å². The van der Waals surface area contributed by atoms with E-state index in [0.29, 0.717) is 25.4 Å². The Bertz CT molecular complexity index is 720. The molecule has 5 heteroatoms. The highest BCUT2D eigenvalue weighted by molar-refractivity contribution is 7.99. The minimum atomic E-state index is -0.264. The van der Waals surface area contributed by atoms with E-state index in [2.05, 4.69) is 19.1 Å². The molecule has 25 heavy (non-hydrogen) atoms. The first kappa shape index (κ1) is 18.0. The summed E-state index contributed by atoms with van der Waals surface area (Å²) in [4.78, 5) is 14.3. The number of halogens is 1. The summed E-state index contributed by atoms with van der Waals surface area (Å²) >= 11 is 1.64. The maximum absolute atomic E-state index is 13.1. The molecule has 0 aromatic heterocycles. The summed E-state index contributed by atoms with van der Waals surface area (Å²) in [5.74, 6) is 1.17. The van der Waals surface area contributed by atoms with Gasteiger partial charge in [-0.15, -0.1) is 11.8 Å². The molecule has 1 aliphatic rings. The van der Waals surface area contributed by atoms with Gasteiger partial charge in [0.15, 0.2) is 0 Å². The molecule has 1 aliphatic heterocycles. The molecule has 1 atom stereocenters. The van der Waals surface area contributed by atoms with E-state index >= 15 is 0 Å². The highest BCUT2D eigenvalue weighted by atomic mass is 32.2. The summed E-state index contributed by atoms with van der Waals surface area (Å²) < 4.78 is 18.8. The van der Waals surface area contributed by atoms with Gasteiger partial charge in [0, 0.05) is 12.3 Å². The molecule has 0 N–H and O–H groups in total. The number of ether oxygens (including phenoxy) is 1. The predicted molar refractivity (Wildman–Crippen MR) is 99.0 cm³/mol. The van der Waals surface area contributed by atoms with Gasteiger partial charge in [0.1, 0.15) is 11.9 Å². The van der Waals surface area contributed by atoms with Crippen LogP contribution in [-0.2, 0) is 15.3 Å². The van der Waals surface area contributed by atoms with Crippen molar-refractivity contribution in [2.45, 2.75) is 18.8 Å². The van der Waals surface area contributed by atoms with Crippen LogP contribution in [0.3, 0.4) is 0 Å². The Balaban J connectivity index is 1.51. The van der Waals surface area contributed by atoms with E-state index in [-0.39, 0.29) is 17.8 Å². The highest BCUT2D eigenvalue weighted by Gasteiger charge is 2.25. The number of carbonyl (C=O) groups is 1. The zero-order valence-corrected chi connectivity index (χ0v) is 15.1. The maximum atomic E-state index is 13.1. The van der Waals surface area contributed by atoms with Crippen LogP contribution in [0.25, 0.3) is 0 Å². The number of carbonyl (C=O) groups excluding carboxylic acids is 1. The van der Waals surface area contributed by atoms with Crippen molar-refractivity contribution in [2.24, 2.45) is 0 Å². The number of hydrogen-bond acceptors (Lipinski definition) is 3. The van der Waals surface area contributed by atoms with Crippen molar-refractivity contribution in [3.8, 4) is 0 Å². The van der Waals surface area contributed by atoms with Gasteiger partial charge in [-0.2, -0.15) is 0 Å². The number of morpholine rings is 1. The third kappa shape index (κ3) is 4.83. The van der Waals surface area contributed by atoms with Gasteiger partial charge in [-0.05, 0) is 35.7 Å². The number of aryl methyl sites for hydroxylation is 1. The van der Waals surface area contributed by atoms with Gasteiger partial charge < -0.3 is 9.64 Å². The van der Waals surface area contributed by atoms with E-state index in [1.54, 1.807) is 23.9 Å². The fraction of sp³-hybridized carbons (Fsp3) is 0.350. The number of hydrogen-bond donors (Lipinski definition) is 0. The molecular weight excluding hydrogens is 337 g/mol. The lowest BCUT2D eigenvalue weighted by molar-refractivity contribution is -0.136. The third-order valence-corrected chi connectivity index (χ3v) is 5.37. The Hall–Kier alpha value is -1.85. The molecule has 0 bridgehead atoms. The summed E-state index contributed by atoms with van der Waals surface area (Å²) in [6.07, 6.45) is -0.181. The van der Waals surface area contributed by atoms with Crippen molar-refractivity contribution >= 4 is 17.7 Å². The molecule has 0 aliphatic carbocycles. The quantitative estimate of drug-likeness (QED) is 0.809. The van der Waals surface area contributed by atoms with E-state index in [9.17, 15) is 9.18 Å². The van der Waals surface area contributed by atoms with E-state index in [1.165, 1.54) is 23.3 Å². The summed E-state index contributed by atoms with van der Waals surface area (Å²) in [6.45, 7) is 3.74. The Morgan fingerprint density at radius 1 is 1.24 bits per heavy atom. The van der Waals surface area contributed by atoms with Crippen LogP contribution in [0.5, 0.6) is 0 Å². The first-order chi connectivity index (χ1) is 12.1. The zero-order chi connectivity index (χ0) is 17.6. The second-order valence-electron chi connectivity index (χ2n) is 6.17. The zero-order valence-electron chi connectivity index (χ0n) is 14.3. The summed E-state index contributed by atoms with van der Waals surface area (Å²) in [7, 11) is 0. The number of benzene rings is 2. The smallest absolute Gasteiger partial charge is 0.232 e. The number of rotatable bonds is 5. The fourth-order valence-electron chi connectivity index (χ4n) is 2.87. The summed E-state index contributed by atoms with van der Waals surface area (Å²) in [5.41, 5.74) is 3.43. The van der Waals surface area contributed by atoms with Gasteiger partial charge in [-0.25, -0.2) is 4.39 Å². The Labute approximate surface area is 152 Å². The van der Waals surface area contributed by atoms with E-state index in [1.807, 2.05) is 17.0 Å². The minimum Gasteiger partial charge on any atom is -0.370 e. The van der Waals surface area contributed by atoms with Crippen LogP contribution in [-0.4, -0.2) is 36.3 Å². The molecule has 0 saturated carbocycles. The second-order valence-corrected chi connectivity index (χ2v) is 7.16. The minimum absolute atomic E-state index is 0.133. The van der Waals surface area contributed by atoms with Crippen LogP contribution < -0.4 is 0 Å². The predicted octanol–water partition coefficient (Wildman–Crippen LogP) is 3.97. The van der Waals surface area contributed by atoms with Crippen LogP contribution in [0.1, 0.15) is 22.8 Å². The van der Waals surface area contributed by atoms with Crippen LogP contribution in [0.15, 0.2) is 48.5 Å².